The number of carbonyl (C=O) groups is 2. The highest BCUT2D eigenvalue weighted by Crippen LogP contribution is 2.53. The molecule has 0 spiro atoms. The van der Waals surface area contributed by atoms with E-state index in [1.165, 1.54) is 4.90 Å². The van der Waals surface area contributed by atoms with Crippen LogP contribution in [0.15, 0.2) is 66.7 Å². The summed E-state index contributed by atoms with van der Waals surface area (Å²) in [4.78, 5) is 27.0. The van der Waals surface area contributed by atoms with Gasteiger partial charge in [0.25, 0.3) is 0 Å². The maximum absolute atomic E-state index is 12.8. The summed E-state index contributed by atoms with van der Waals surface area (Å²) in [6, 6.07) is 16.7. The Bertz CT molecular complexity index is 842. The van der Waals surface area contributed by atoms with E-state index in [1.807, 2.05) is 30.3 Å². The maximum Gasteiger partial charge on any atom is 0.238 e. The zero-order valence-corrected chi connectivity index (χ0v) is 13.5. The molecule has 2 bridgehead atoms. The van der Waals surface area contributed by atoms with Gasteiger partial charge >= 0.3 is 0 Å². The number of nitrogens with zero attached hydrogens (tertiary/aromatic N) is 1. The van der Waals surface area contributed by atoms with Gasteiger partial charge in [-0.1, -0.05) is 30.4 Å². The van der Waals surface area contributed by atoms with E-state index in [4.69, 9.17) is 4.74 Å². The van der Waals surface area contributed by atoms with Crippen LogP contribution in [-0.2, 0) is 9.59 Å². The summed E-state index contributed by atoms with van der Waals surface area (Å²) in [5.41, 5.74) is 0.629. The fraction of sp³-hybridized carbons (Fsp3) is 0.238. The Kier molecular flexibility index (Phi) is 3.07. The quantitative estimate of drug-likeness (QED) is 0.635. The zero-order valence-electron chi connectivity index (χ0n) is 13.5. The molecule has 4 heteroatoms. The second-order valence-electron chi connectivity index (χ2n) is 6.92. The molecule has 1 saturated carbocycles. The van der Waals surface area contributed by atoms with E-state index in [9.17, 15) is 9.59 Å². The third-order valence-electron chi connectivity index (χ3n) is 5.54. The predicted octanol–water partition coefficient (Wildman–Crippen LogP) is 3.79. The SMILES string of the molecule is O=C1[C@@H]2[C@@H](C(=O)N1c1ccc(Oc3ccccc3)cc1)[C@H]1C=C[C@@H]2C1. The van der Waals surface area contributed by atoms with Crippen LogP contribution in [0.1, 0.15) is 6.42 Å². The van der Waals surface area contributed by atoms with E-state index >= 15 is 0 Å². The van der Waals surface area contributed by atoms with Crippen LogP contribution in [0.2, 0.25) is 0 Å². The maximum atomic E-state index is 12.8. The Morgan fingerprint density at radius 1 is 0.760 bits per heavy atom. The van der Waals surface area contributed by atoms with Gasteiger partial charge in [0, 0.05) is 0 Å². The molecular formula is C21H17NO3. The molecule has 2 fully saturated rings. The molecule has 25 heavy (non-hydrogen) atoms. The monoisotopic (exact) mass is 331 g/mol. The number of hydrogen-bond acceptors (Lipinski definition) is 3. The molecule has 1 heterocycles. The molecular weight excluding hydrogens is 314 g/mol. The molecule has 0 radical (unpaired) electrons. The molecule has 1 aliphatic heterocycles. The highest BCUT2D eigenvalue weighted by Gasteiger charge is 2.59. The lowest BCUT2D eigenvalue weighted by atomic mass is 9.85. The van der Waals surface area contributed by atoms with Crippen molar-refractivity contribution >= 4 is 17.5 Å². The van der Waals surface area contributed by atoms with Crippen LogP contribution in [0.5, 0.6) is 11.5 Å². The van der Waals surface area contributed by atoms with Crippen molar-refractivity contribution < 1.29 is 14.3 Å². The highest BCUT2D eigenvalue weighted by atomic mass is 16.5. The number of hydrogen-bond donors (Lipinski definition) is 0. The molecule has 1 saturated heterocycles. The van der Waals surface area contributed by atoms with Gasteiger partial charge < -0.3 is 4.74 Å². The topological polar surface area (TPSA) is 46.6 Å². The highest BCUT2D eigenvalue weighted by molar-refractivity contribution is 6.22. The van der Waals surface area contributed by atoms with Crippen LogP contribution >= 0.6 is 0 Å². The van der Waals surface area contributed by atoms with Gasteiger partial charge in [-0.2, -0.15) is 0 Å². The minimum atomic E-state index is -0.164. The molecule has 2 aromatic carbocycles. The number of anilines is 1. The number of ether oxygens (including phenoxy) is 1. The largest absolute Gasteiger partial charge is 0.457 e. The average Bonchev–Trinajstić information content (AvgIpc) is 3.31. The first-order valence-electron chi connectivity index (χ1n) is 8.61. The van der Waals surface area contributed by atoms with Crippen LogP contribution in [0.3, 0.4) is 0 Å². The van der Waals surface area contributed by atoms with Crippen LogP contribution in [0, 0.1) is 23.7 Å². The van der Waals surface area contributed by atoms with E-state index in [0.717, 1.165) is 12.2 Å². The smallest absolute Gasteiger partial charge is 0.238 e. The predicted molar refractivity (Wildman–Crippen MR) is 93.2 cm³/mol. The third kappa shape index (κ3) is 2.14. The molecule has 0 N–H and O–H groups in total. The van der Waals surface area contributed by atoms with E-state index < -0.39 is 0 Å². The molecule has 4 nitrogen and oxygen atoms in total. The van der Waals surface area contributed by atoms with Gasteiger partial charge in [0.1, 0.15) is 11.5 Å². The van der Waals surface area contributed by atoms with Gasteiger partial charge in [0.05, 0.1) is 17.5 Å². The van der Waals surface area contributed by atoms with Gasteiger partial charge in [-0.3, -0.25) is 14.5 Å². The van der Waals surface area contributed by atoms with Crippen molar-refractivity contribution in [2.24, 2.45) is 23.7 Å². The fourth-order valence-corrected chi connectivity index (χ4v) is 4.44. The summed E-state index contributed by atoms with van der Waals surface area (Å²) in [7, 11) is 0. The molecule has 2 amide bonds. The number of benzene rings is 2. The van der Waals surface area contributed by atoms with Crippen LogP contribution in [0.4, 0.5) is 5.69 Å². The first-order valence-corrected chi connectivity index (χ1v) is 8.61. The minimum absolute atomic E-state index is 0.0522. The number of para-hydroxylation sites is 1. The van der Waals surface area contributed by atoms with Crippen molar-refractivity contribution in [1.82, 2.24) is 0 Å². The van der Waals surface area contributed by atoms with Crippen molar-refractivity contribution in [3.63, 3.8) is 0 Å². The van der Waals surface area contributed by atoms with Gasteiger partial charge in [0.15, 0.2) is 0 Å². The summed E-state index contributed by atoms with van der Waals surface area (Å²) in [5, 5.41) is 0. The van der Waals surface area contributed by atoms with Gasteiger partial charge in [-0.15, -0.1) is 0 Å². The first-order chi connectivity index (χ1) is 12.2. The first kappa shape index (κ1) is 14.5. The third-order valence-corrected chi connectivity index (χ3v) is 5.54. The summed E-state index contributed by atoms with van der Waals surface area (Å²) < 4.78 is 5.77. The molecule has 0 aromatic heterocycles. The molecule has 4 atom stereocenters. The Morgan fingerprint density at radius 2 is 1.32 bits per heavy atom. The number of allylic oxidation sites excluding steroid dienone is 2. The van der Waals surface area contributed by atoms with Crippen molar-refractivity contribution in [3.05, 3.63) is 66.7 Å². The molecule has 2 aliphatic carbocycles. The lowest BCUT2D eigenvalue weighted by Crippen LogP contribution is -2.32. The van der Waals surface area contributed by atoms with Crippen molar-refractivity contribution in [1.29, 1.82) is 0 Å². The Labute approximate surface area is 145 Å². The summed E-state index contributed by atoms with van der Waals surface area (Å²) in [6.45, 7) is 0. The minimum Gasteiger partial charge on any atom is -0.457 e. The second-order valence-corrected chi connectivity index (χ2v) is 6.92. The Balaban J connectivity index is 1.39. The Hall–Kier alpha value is -2.88. The zero-order chi connectivity index (χ0) is 17.0. The average molecular weight is 331 g/mol. The fourth-order valence-electron chi connectivity index (χ4n) is 4.44. The Morgan fingerprint density at radius 3 is 1.92 bits per heavy atom. The van der Waals surface area contributed by atoms with E-state index in [1.54, 1.807) is 24.3 Å². The normalized spacial score (nSPS) is 29.4. The molecule has 124 valence electrons. The molecule has 3 aliphatic rings. The van der Waals surface area contributed by atoms with Gasteiger partial charge in [-0.25, -0.2) is 0 Å². The van der Waals surface area contributed by atoms with Crippen LogP contribution in [0.25, 0.3) is 0 Å². The summed E-state index contributed by atoms with van der Waals surface area (Å²) >= 11 is 0. The van der Waals surface area contributed by atoms with Crippen molar-refractivity contribution in [2.75, 3.05) is 4.90 Å². The number of carbonyl (C=O) groups excluding carboxylic acids is 2. The second kappa shape index (κ2) is 5.31. The van der Waals surface area contributed by atoms with Crippen LogP contribution < -0.4 is 9.64 Å². The van der Waals surface area contributed by atoms with E-state index in [2.05, 4.69) is 12.2 Å². The molecule has 2 aromatic rings. The van der Waals surface area contributed by atoms with E-state index in [0.29, 0.717) is 11.4 Å². The number of imide groups is 1. The standard InChI is InChI=1S/C21H17NO3/c23-20-18-13-6-7-14(12-13)19(18)21(24)22(20)15-8-10-17(11-9-15)25-16-4-2-1-3-5-16/h1-11,13-14,18-19H,12H2/t13-,14+,18-,19-/m0/s1. The number of amides is 2. The lowest BCUT2D eigenvalue weighted by Gasteiger charge is -2.17. The summed E-state index contributed by atoms with van der Waals surface area (Å²) in [6.07, 6.45) is 5.17. The van der Waals surface area contributed by atoms with Crippen LogP contribution in [-0.4, -0.2) is 11.8 Å². The van der Waals surface area contributed by atoms with Gasteiger partial charge in [-0.05, 0) is 54.7 Å². The lowest BCUT2D eigenvalue weighted by molar-refractivity contribution is -0.123. The number of rotatable bonds is 3. The van der Waals surface area contributed by atoms with Crippen molar-refractivity contribution in [2.45, 2.75) is 6.42 Å². The van der Waals surface area contributed by atoms with E-state index in [-0.39, 0.29) is 35.5 Å². The summed E-state index contributed by atoms with van der Waals surface area (Å²) in [5.74, 6) is 1.46. The van der Waals surface area contributed by atoms with Gasteiger partial charge in [0.2, 0.25) is 11.8 Å². The van der Waals surface area contributed by atoms with Crippen molar-refractivity contribution in [3.8, 4) is 11.5 Å². The number of fused-ring (bicyclic) bond motifs is 5. The molecule has 0 unspecified atom stereocenters. The molecule has 5 rings (SSSR count).